The molecule has 0 saturated carbocycles. The van der Waals surface area contributed by atoms with Gasteiger partial charge in [0.05, 0.1) is 39.5 Å². The molecule has 12 nitrogen and oxygen atoms in total. The summed E-state index contributed by atoms with van der Waals surface area (Å²) in [7, 11) is 1.47. The number of methoxy groups -OCH3 is 1. The van der Waals surface area contributed by atoms with E-state index in [1.807, 2.05) is 35.2 Å². The van der Waals surface area contributed by atoms with Gasteiger partial charge in [-0.1, -0.05) is 36.4 Å². The van der Waals surface area contributed by atoms with Gasteiger partial charge in [0, 0.05) is 25.6 Å². The Balaban J connectivity index is 1.49. The maximum atomic E-state index is 13.7. The average Bonchev–Trinajstić information content (AvgIpc) is 3.75. The Kier molecular flexibility index (Phi) is 10.7. The van der Waals surface area contributed by atoms with Gasteiger partial charge in [0.25, 0.3) is 0 Å². The minimum absolute atomic E-state index is 0.0815. The highest BCUT2D eigenvalue weighted by atomic mass is 16.6. The number of hydrogen-bond donors (Lipinski definition) is 4. The number of nitrogens with zero attached hydrogens (tertiary/aromatic N) is 1. The molecule has 0 radical (unpaired) electrons. The standard InChI is InChI=1S/C31H40N4O8/c1-20(32-27(37)18-35-11-13-42-14-12-35)29(39)34-25(16-22-9-10-23(41-3)17-26(22)36)30(40)33-24(28(38)31(2)19-43-31)15-21-7-5-4-6-8-21/h4-10,17,20,24-25,36H,11-16,18-19H2,1-3H3,(H,32,37)(H,33,40)(H,34,39)/t20-,24-,25-,31+/m0/s1. The highest BCUT2D eigenvalue weighted by molar-refractivity contribution is 5.98. The lowest BCUT2D eigenvalue weighted by Gasteiger charge is -2.27. The van der Waals surface area contributed by atoms with E-state index in [-0.39, 0.29) is 43.4 Å². The molecular formula is C31H40N4O8. The lowest BCUT2D eigenvalue weighted by molar-refractivity contribution is -0.134. The summed E-state index contributed by atoms with van der Waals surface area (Å²) in [6, 6.07) is 10.9. The molecule has 2 aliphatic rings. The van der Waals surface area contributed by atoms with Gasteiger partial charge in [-0.05, 0) is 37.5 Å². The average molecular weight is 597 g/mol. The quantitative estimate of drug-likeness (QED) is 0.226. The van der Waals surface area contributed by atoms with Crippen molar-refractivity contribution in [3.8, 4) is 11.5 Å². The molecule has 232 valence electrons. The van der Waals surface area contributed by atoms with Crippen molar-refractivity contribution >= 4 is 23.5 Å². The Morgan fingerprint density at radius 2 is 1.65 bits per heavy atom. The molecule has 0 aromatic heterocycles. The van der Waals surface area contributed by atoms with Crippen LogP contribution in [0.25, 0.3) is 0 Å². The summed E-state index contributed by atoms with van der Waals surface area (Å²) >= 11 is 0. The second kappa shape index (κ2) is 14.5. The topological polar surface area (TPSA) is 159 Å². The Labute approximate surface area is 251 Å². The van der Waals surface area contributed by atoms with E-state index in [2.05, 4.69) is 16.0 Å². The van der Waals surface area contributed by atoms with Gasteiger partial charge in [-0.25, -0.2) is 0 Å². The smallest absolute Gasteiger partial charge is 0.243 e. The van der Waals surface area contributed by atoms with E-state index in [4.69, 9.17) is 14.2 Å². The van der Waals surface area contributed by atoms with Crippen LogP contribution in [0.15, 0.2) is 48.5 Å². The molecule has 2 saturated heterocycles. The summed E-state index contributed by atoms with van der Waals surface area (Å²) in [6.07, 6.45) is 0.147. The fourth-order valence-corrected chi connectivity index (χ4v) is 4.83. The van der Waals surface area contributed by atoms with Crippen molar-refractivity contribution in [3.05, 3.63) is 59.7 Å². The van der Waals surface area contributed by atoms with Crippen LogP contribution in [-0.2, 0) is 41.5 Å². The van der Waals surface area contributed by atoms with Crippen LogP contribution in [0.5, 0.6) is 11.5 Å². The number of hydrogen-bond acceptors (Lipinski definition) is 9. The van der Waals surface area contributed by atoms with Crippen LogP contribution < -0.4 is 20.7 Å². The number of Topliss-reactive ketones (excluding diaryl/α,β-unsaturated/α-hetero) is 1. The number of carbonyl (C=O) groups is 4. The van der Waals surface area contributed by atoms with Crippen molar-refractivity contribution in [3.63, 3.8) is 0 Å². The normalized spacial score (nSPS) is 20.3. The van der Waals surface area contributed by atoms with Crippen molar-refractivity contribution < 1.29 is 38.5 Å². The van der Waals surface area contributed by atoms with E-state index < -0.39 is 35.5 Å². The van der Waals surface area contributed by atoms with E-state index in [0.29, 0.717) is 37.6 Å². The molecule has 4 rings (SSSR count). The summed E-state index contributed by atoms with van der Waals surface area (Å²) in [5.74, 6) is -1.50. The monoisotopic (exact) mass is 596 g/mol. The van der Waals surface area contributed by atoms with Gasteiger partial charge in [-0.2, -0.15) is 0 Å². The first-order valence-corrected chi connectivity index (χ1v) is 14.4. The molecule has 2 aromatic carbocycles. The predicted molar refractivity (Wildman–Crippen MR) is 157 cm³/mol. The first-order chi connectivity index (χ1) is 20.6. The van der Waals surface area contributed by atoms with Crippen molar-refractivity contribution in [2.24, 2.45) is 0 Å². The molecule has 4 atom stereocenters. The third kappa shape index (κ3) is 8.99. The van der Waals surface area contributed by atoms with Gasteiger partial charge in [-0.15, -0.1) is 0 Å². The van der Waals surface area contributed by atoms with Gasteiger partial charge in [0.2, 0.25) is 17.7 Å². The van der Waals surface area contributed by atoms with Crippen LogP contribution in [-0.4, -0.2) is 104 Å². The van der Waals surface area contributed by atoms with Gasteiger partial charge in [0.15, 0.2) is 5.78 Å². The number of nitrogens with one attached hydrogen (secondary N) is 3. The highest BCUT2D eigenvalue weighted by Gasteiger charge is 2.50. The molecule has 2 aliphatic heterocycles. The lowest BCUT2D eigenvalue weighted by atomic mass is 9.94. The van der Waals surface area contributed by atoms with E-state index in [9.17, 15) is 24.3 Å². The summed E-state index contributed by atoms with van der Waals surface area (Å²) < 4.78 is 15.8. The Morgan fingerprint density at radius 3 is 2.28 bits per heavy atom. The number of ketones is 1. The Bertz CT molecular complexity index is 1290. The van der Waals surface area contributed by atoms with Crippen LogP contribution in [0.3, 0.4) is 0 Å². The third-order valence-corrected chi connectivity index (χ3v) is 7.61. The molecule has 2 heterocycles. The fourth-order valence-electron chi connectivity index (χ4n) is 4.83. The Hall–Kier alpha value is -4.00. The van der Waals surface area contributed by atoms with Crippen LogP contribution in [0.1, 0.15) is 25.0 Å². The first-order valence-electron chi connectivity index (χ1n) is 14.4. The molecule has 0 unspecified atom stereocenters. The number of amides is 3. The largest absolute Gasteiger partial charge is 0.508 e. The minimum Gasteiger partial charge on any atom is -0.508 e. The second-order valence-electron chi connectivity index (χ2n) is 11.1. The molecule has 3 amide bonds. The number of morpholine rings is 1. The van der Waals surface area contributed by atoms with Crippen LogP contribution in [0.2, 0.25) is 0 Å². The zero-order valence-corrected chi connectivity index (χ0v) is 24.8. The van der Waals surface area contributed by atoms with Gasteiger partial charge >= 0.3 is 0 Å². The Morgan fingerprint density at radius 1 is 0.977 bits per heavy atom. The van der Waals surface area contributed by atoms with E-state index in [1.165, 1.54) is 20.1 Å². The summed E-state index contributed by atoms with van der Waals surface area (Å²) in [4.78, 5) is 54.8. The minimum atomic E-state index is -1.18. The SMILES string of the molecule is COc1ccc(C[C@H](NC(=O)[C@H](C)NC(=O)CN2CCOCC2)C(=O)N[C@@H](Cc2ccccc2)C(=O)[C@@]2(C)CO2)c(O)c1. The molecule has 4 N–H and O–H groups in total. The fraction of sp³-hybridized carbons (Fsp3) is 0.484. The maximum Gasteiger partial charge on any atom is 0.243 e. The van der Waals surface area contributed by atoms with Crippen LogP contribution in [0, 0.1) is 0 Å². The molecule has 0 bridgehead atoms. The van der Waals surface area contributed by atoms with Crippen LogP contribution in [0.4, 0.5) is 0 Å². The summed E-state index contributed by atoms with van der Waals surface area (Å²) in [6.45, 7) is 5.90. The first kappa shape index (κ1) is 31.9. The molecule has 0 spiro atoms. The highest BCUT2D eigenvalue weighted by Crippen LogP contribution is 2.29. The summed E-state index contributed by atoms with van der Waals surface area (Å²) in [5.41, 5.74) is 0.239. The third-order valence-electron chi connectivity index (χ3n) is 7.61. The number of epoxide rings is 1. The van der Waals surface area contributed by atoms with Crippen molar-refractivity contribution in [2.75, 3.05) is 46.6 Å². The van der Waals surface area contributed by atoms with Crippen LogP contribution >= 0.6 is 0 Å². The van der Waals surface area contributed by atoms with Gasteiger partial charge in [-0.3, -0.25) is 24.1 Å². The van der Waals surface area contributed by atoms with Crippen molar-refractivity contribution in [1.82, 2.24) is 20.9 Å². The number of aromatic hydroxyl groups is 1. The van der Waals surface area contributed by atoms with E-state index in [0.717, 1.165) is 5.56 Å². The van der Waals surface area contributed by atoms with E-state index in [1.54, 1.807) is 19.1 Å². The molecule has 0 aliphatic carbocycles. The molecule has 2 aromatic rings. The van der Waals surface area contributed by atoms with Gasteiger partial charge < -0.3 is 35.3 Å². The van der Waals surface area contributed by atoms with Crippen molar-refractivity contribution in [2.45, 2.75) is 50.4 Å². The summed E-state index contributed by atoms with van der Waals surface area (Å²) in [5, 5.41) is 18.8. The number of rotatable bonds is 14. The zero-order chi connectivity index (χ0) is 31.0. The zero-order valence-electron chi connectivity index (χ0n) is 24.8. The predicted octanol–water partition coefficient (Wildman–Crippen LogP) is 0.351. The lowest BCUT2D eigenvalue weighted by Crippen LogP contribution is -2.57. The second-order valence-corrected chi connectivity index (χ2v) is 11.1. The number of benzene rings is 2. The molecule has 12 heteroatoms. The number of phenols is 1. The number of ether oxygens (including phenoxy) is 3. The molecule has 2 fully saturated rings. The maximum absolute atomic E-state index is 13.7. The van der Waals surface area contributed by atoms with Gasteiger partial charge in [0.1, 0.15) is 29.2 Å². The molecule has 43 heavy (non-hydrogen) atoms. The number of phenolic OH excluding ortho intramolecular Hbond substituents is 1. The van der Waals surface area contributed by atoms with Crippen molar-refractivity contribution in [1.29, 1.82) is 0 Å². The number of carbonyl (C=O) groups excluding carboxylic acids is 4. The van der Waals surface area contributed by atoms with E-state index >= 15 is 0 Å². The molecular weight excluding hydrogens is 556 g/mol.